The van der Waals surface area contributed by atoms with Crippen molar-refractivity contribution in [1.29, 1.82) is 0 Å². The highest BCUT2D eigenvalue weighted by molar-refractivity contribution is 5.87. The summed E-state index contributed by atoms with van der Waals surface area (Å²) in [7, 11) is 0. The van der Waals surface area contributed by atoms with Gasteiger partial charge < -0.3 is 16.0 Å². The van der Waals surface area contributed by atoms with Crippen molar-refractivity contribution >= 4 is 11.8 Å². The number of benzene rings is 2. The van der Waals surface area contributed by atoms with Gasteiger partial charge in [-0.25, -0.2) is 4.39 Å². The van der Waals surface area contributed by atoms with Gasteiger partial charge in [-0.2, -0.15) is 0 Å². The maximum absolute atomic E-state index is 13.6. The number of amides is 2. The van der Waals surface area contributed by atoms with Gasteiger partial charge in [0.2, 0.25) is 11.8 Å². The Hall–Kier alpha value is -2.73. The molecule has 1 heterocycles. The second-order valence-electron chi connectivity index (χ2n) is 9.03. The Morgan fingerprint density at radius 3 is 2.27 bits per heavy atom. The zero-order valence-corrected chi connectivity index (χ0v) is 17.8. The fourth-order valence-electron chi connectivity index (χ4n) is 4.23. The van der Waals surface area contributed by atoms with E-state index in [2.05, 4.69) is 5.32 Å². The fourth-order valence-corrected chi connectivity index (χ4v) is 4.23. The highest BCUT2D eigenvalue weighted by atomic mass is 19.1. The van der Waals surface area contributed by atoms with Gasteiger partial charge in [-0.3, -0.25) is 9.59 Å². The topological polar surface area (TPSA) is 75.4 Å². The van der Waals surface area contributed by atoms with Crippen molar-refractivity contribution in [3.63, 3.8) is 0 Å². The molecule has 0 aromatic heterocycles. The van der Waals surface area contributed by atoms with Crippen molar-refractivity contribution < 1.29 is 14.0 Å². The number of nitrogens with two attached hydrogens (primary N) is 1. The number of halogens is 1. The molecule has 2 aromatic rings. The van der Waals surface area contributed by atoms with Crippen LogP contribution >= 0.6 is 0 Å². The van der Waals surface area contributed by atoms with E-state index < -0.39 is 11.9 Å². The number of carbonyl (C=O) groups excluding carboxylic acids is 2. The van der Waals surface area contributed by atoms with Crippen molar-refractivity contribution in [2.24, 2.45) is 5.73 Å². The number of carbonyl (C=O) groups is 2. The Bertz CT molecular complexity index is 878. The number of hydrogen-bond acceptors (Lipinski definition) is 3. The average Bonchev–Trinajstić information content (AvgIpc) is 2.80. The summed E-state index contributed by atoms with van der Waals surface area (Å²) >= 11 is 0. The minimum atomic E-state index is -0.543. The normalized spacial score (nSPS) is 22.6. The van der Waals surface area contributed by atoms with E-state index in [1.807, 2.05) is 51.1 Å². The smallest absolute Gasteiger partial charge is 0.240 e. The molecule has 5 nitrogen and oxygen atoms in total. The molecule has 1 saturated heterocycles. The van der Waals surface area contributed by atoms with E-state index in [1.54, 1.807) is 17.0 Å². The predicted molar refractivity (Wildman–Crippen MR) is 115 cm³/mol. The first-order valence-corrected chi connectivity index (χ1v) is 10.3. The number of likely N-dealkylation sites (tertiary alicyclic amines) is 1. The molecule has 3 rings (SSSR count). The zero-order chi connectivity index (χ0) is 21.9. The zero-order valence-electron chi connectivity index (χ0n) is 17.8. The van der Waals surface area contributed by atoms with Gasteiger partial charge in [-0.05, 0) is 62.8 Å². The van der Waals surface area contributed by atoms with Gasteiger partial charge in [-0.15, -0.1) is 0 Å². The van der Waals surface area contributed by atoms with Crippen molar-refractivity contribution in [2.75, 3.05) is 6.54 Å². The van der Waals surface area contributed by atoms with Crippen LogP contribution in [0.1, 0.15) is 56.7 Å². The lowest BCUT2D eigenvalue weighted by Crippen LogP contribution is -2.53. The van der Waals surface area contributed by atoms with E-state index in [4.69, 9.17) is 5.73 Å². The Kier molecular flexibility index (Phi) is 6.56. The minimum absolute atomic E-state index is 0.0116. The van der Waals surface area contributed by atoms with E-state index in [0.717, 1.165) is 11.1 Å². The average molecular weight is 412 g/mol. The van der Waals surface area contributed by atoms with Crippen LogP contribution in [-0.4, -0.2) is 34.8 Å². The van der Waals surface area contributed by atoms with Crippen LogP contribution in [0.15, 0.2) is 54.6 Å². The van der Waals surface area contributed by atoms with Crippen molar-refractivity contribution in [1.82, 2.24) is 10.2 Å². The Balaban J connectivity index is 2.06. The van der Waals surface area contributed by atoms with Gasteiger partial charge in [0.25, 0.3) is 0 Å². The van der Waals surface area contributed by atoms with Gasteiger partial charge in [-0.1, -0.05) is 42.5 Å². The Morgan fingerprint density at radius 2 is 1.70 bits per heavy atom. The van der Waals surface area contributed by atoms with Crippen LogP contribution in [0.5, 0.6) is 0 Å². The quantitative estimate of drug-likeness (QED) is 0.791. The fraction of sp³-hybridized carbons (Fsp3) is 0.417. The third kappa shape index (κ3) is 5.45. The summed E-state index contributed by atoms with van der Waals surface area (Å²) in [6.45, 7) is 5.87. The van der Waals surface area contributed by atoms with Crippen LogP contribution < -0.4 is 11.1 Å². The first kappa shape index (κ1) is 22.0. The minimum Gasteiger partial charge on any atom is -0.368 e. The summed E-state index contributed by atoms with van der Waals surface area (Å²) in [5.74, 6) is -0.957. The van der Waals surface area contributed by atoms with Gasteiger partial charge in [0.05, 0.1) is 18.6 Å². The van der Waals surface area contributed by atoms with E-state index in [0.29, 0.717) is 12.8 Å². The third-order valence-corrected chi connectivity index (χ3v) is 5.44. The molecule has 1 aliphatic heterocycles. The lowest BCUT2D eigenvalue weighted by molar-refractivity contribution is -0.139. The maximum Gasteiger partial charge on any atom is 0.240 e. The van der Waals surface area contributed by atoms with E-state index in [-0.39, 0.29) is 35.8 Å². The molecule has 6 heteroatoms. The first-order valence-electron chi connectivity index (χ1n) is 10.3. The summed E-state index contributed by atoms with van der Waals surface area (Å²) in [5, 5.41) is 3.42. The molecule has 3 atom stereocenters. The number of rotatable bonds is 5. The van der Waals surface area contributed by atoms with Crippen LogP contribution in [0.4, 0.5) is 4.39 Å². The first-order chi connectivity index (χ1) is 14.1. The summed E-state index contributed by atoms with van der Waals surface area (Å²) in [5.41, 5.74) is 7.16. The molecular weight excluding hydrogens is 381 g/mol. The monoisotopic (exact) mass is 411 g/mol. The van der Waals surface area contributed by atoms with Gasteiger partial charge >= 0.3 is 0 Å². The Morgan fingerprint density at radius 1 is 1.07 bits per heavy atom. The maximum atomic E-state index is 13.6. The van der Waals surface area contributed by atoms with Crippen LogP contribution in [0, 0.1) is 5.82 Å². The third-order valence-electron chi connectivity index (χ3n) is 5.44. The molecule has 30 heavy (non-hydrogen) atoms. The predicted octanol–water partition coefficient (Wildman–Crippen LogP) is 3.52. The largest absolute Gasteiger partial charge is 0.368 e. The highest BCUT2D eigenvalue weighted by Crippen LogP contribution is 2.39. The molecule has 0 saturated carbocycles. The lowest BCUT2D eigenvalue weighted by atomic mass is 9.86. The van der Waals surface area contributed by atoms with Crippen LogP contribution in [-0.2, 0) is 9.59 Å². The molecule has 0 radical (unpaired) electrons. The molecule has 1 aliphatic rings. The molecule has 0 spiro atoms. The van der Waals surface area contributed by atoms with Crippen molar-refractivity contribution in [3.8, 4) is 0 Å². The molecule has 3 N–H and O–H groups in total. The van der Waals surface area contributed by atoms with Gasteiger partial charge in [0, 0.05) is 5.54 Å². The molecule has 3 unspecified atom stereocenters. The molecule has 160 valence electrons. The van der Waals surface area contributed by atoms with Crippen LogP contribution in [0.25, 0.3) is 0 Å². The highest BCUT2D eigenvalue weighted by Gasteiger charge is 2.39. The van der Waals surface area contributed by atoms with Gasteiger partial charge in [0.15, 0.2) is 0 Å². The van der Waals surface area contributed by atoms with E-state index >= 15 is 0 Å². The van der Waals surface area contributed by atoms with Crippen molar-refractivity contribution in [2.45, 2.75) is 57.2 Å². The molecule has 0 bridgehead atoms. The standard InChI is InChI=1S/C24H30FN3O2/c1-24(2,3)27-20-13-18(16-9-11-19(25)12-10-16)14-21(17-7-5-4-6-8-17)28(23(20)30)15-22(26)29/h4-12,18,20-21,27H,13-15H2,1-3H3,(H2,26,29). The molecule has 2 aromatic carbocycles. The number of nitrogens with one attached hydrogen (secondary N) is 1. The SMILES string of the molecule is CC(C)(C)NC1CC(c2ccc(F)cc2)CC(c2ccccc2)N(CC(N)=O)C1=O. The number of nitrogens with zero attached hydrogens (tertiary/aromatic N) is 1. The summed E-state index contributed by atoms with van der Waals surface area (Å²) in [6.07, 6.45) is 1.18. The van der Waals surface area contributed by atoms with Crippen LogP contribution in [0.3, 0.4) is 0 Å². The molecule has 1 fully saturated rings. The summed E-state index contributed by atoms with van der Waals surface area (Å²) in [6, 6.07) is 15.4. The van der Waals surface area contributed by atoms with E-state index in [9.17, 15) is 14.0 Å². The Labute approximate surface area is 177 Å². The molecule has 2 amide bonds. The second kappa shape index (κ2) is 8.96. The molecule has 0 aliphatic carbocycles. The number of primary amides is 1. The van der Waals surface area contributed by atoms with E-state index in [1.165, 1.54) is 12.1 Å². The summed E-state index contributed by atoms with van der Waals surface area (Å²) < 4.78 is 13.5. The second-order valence-corrected chi connectivity index (χ2v) is 9.03. The summed E-state index contributed by atoms with van der Waals surface area (Å²) in [4.78, 5) is 27.0. The number of hydrogen-bond donors (Lipinski definition) is 2. The van der Waals surface area contributed by atoms with Gasteiger partial charge in [0.1, 0.15) is 5.82 Å². The van der Waals surface area contributed by atoms with Crippen molar-refractivity contribution in [3.05, 3.63) is 71.5 Å². The van der Waals surface area contributed by atoms with Crippen LogP contribution in [0.2, 0.25) is 0 Å². The lowest BCUT2D eigenvalue weighted by Gasteiger charge is -2.33. The molecular formula is C24H30FN3O2.